The first kappa shape index (κ1) is 22.6. The van der Waals surface area contributed by atoms with Crippen molar-refractivity contribution in [3.05, 3.63) is 30.2 Å². The van der Waals surface area contributed by atoms with Crippen molar-refractivity contribution in [1.29, 1.82) is 0 Å². The lowest BCUT2D eigenvalue weighted by molar-refractivity contribution is 0.559. The monoisotopic (exact) mass is 494 g/mol. The minimum Gasteiger partial charge on any atom is -0.357 e. The molecule has 0 saturated carbocycles. The lowest BCUT2D eigenvalue weighted by Crippen LogP contribution is -2.41. The van der Waals surface area contributed by atoms with Crippen LogP contribution in [0.25, 0.3) is 5.65 Å². The van der Waals surface area contributed by atoms with Crippen molar-refractivity contribution >= 4 is 45.4 Å². The van der Waals surface area contributed by atoms with E-state index in [9.17, 15) is 8.42 Å². The second kappa shape index (κ2) is 9.49. The summed E-state index contributed by atoms with van der Waals surface area (Å²) < 4.78 is 25.4. The summed E-state index contributed by atoms with van der Waals surface area (Å²) in [7, 11) is -3.17. The molecule has 0 bridgehead atoms. The van der Waals surface area contributed by atoms with E-state index < -0.39 is 14.6 Å². The average molecular weight is 494 g/mol. The van der Waals surface area contributed by atoms with Gasteiger partial charge < -0.3 is 10.6 Å². The third-order valence-electron chi connectivity index (χ3n) is 3.70. The highest BCUT2D eigenvalue weighted by Crippen LogP contribution is 2.15. The van der Waals surface area contributed by atoms with Gasteiger partial charge >= 0.3 is 0 Å². The first-order valence-corrected chi connectivity index (χ1v) is 9.93. The second-order valence-electron chi connectivity index (χ2n) is 6.60. The van der Waals surface area contributed by atoms with Crippen LogP contribution in [0.15, 0.2) is 29.4 Å². The van der Waals surface area contributed by atoms with Gasteiger partial charge in [-0.05, 0) is 39.8 Å². The molecule has 0 atom stereocenters. The third-order valence-corrected chi connectivity index (χ3v) is 6.31. The van der Waals surface area contributed by atoms with Crippen LogP contribution in [0.2, 0.25) is 0 Å². The van der Waals surface area contributed by atoms with E-state index >= 15 is 0 Å². The largest absolute Gasteiger partial charge is 0.357 e. The van der Waals surface area contributed by atoms with Crippen LogP contribution in [-0.2, 0) is 16.4 Å². The number of aromatic nitrogens is 3. The van der Waals surface area contributed by atoms with Gasteiger partial charge in [-0.25, -0.2) is 13.4 Å². The van der Waals surface area contributed by atoms with E-state index in [1.54, 1.807) is 20.8 Å². The Morgan fingerprint density at radius 2 is 1.96 bits per heavy atom. The van der Waals surface area contributed by atoms with Crippen molar-refractivity contribution in [2.45, 2.75) is 39.0 Å². The molecule has 8 nitrogen and oxygen atoms in total. The fourth-order valence-corrected chi connectivity index (χ4v) is 3.08. The number of nitrogens with zero attached hydrogens (tertiary/aromatic N) is 4. The molecular formula is C16H27IN6O2S. The van der Waals surface area contributed by atoms with Gasteiger partial charge in [0.15, 0.2) is 27.3 Å². The number of nitrogens with one attached hydrogen (secondary N) is 2. The standard InChI is InChI=1S/C16H26N6O2S.HI/c1-5-17-15(18-9-11-25(23,24)16(2,3)4)19-12-14-21-20-13-8-6-7-10-22(13)14;/h6-8,10H,5,9,11-12H2,1-4H3,(H2,17,18,19);1H. The van der Waals surface area contributed by atoms with Crippen LogP contribution in [-0.4, -0.2) is 52.6 Å². The van der Waals surface area contributed by atoms with Gasteiger partial charge in [-0.3, -0.25) is 4.40 Å². The first-order chi connectivity index (χ1) is 11.7. The van der Waals surface area contributed by atoms with Gasteiger partial charge in [0.2, 0.25) is 0 Å². The molecule has 26 heavy (non-hydrogen) atoms. The summed E-state index contributed by atoms with van der Waals surface area (Å²) in [4.78, 5) is 4.46. The number of rotatable bonds is 6. The Morgan fingerprint density at radius 3 is 2.62 bits per heavy atom. The maximum atomic E-state index is 12.2. The van der Waals surface area contributed by atoms with Crippen molar-refractivity contribution < 1.29 is 8.42 Å². The van der Waals surface area contributed by atoms with Crippen LogP contribution < -0.4 is 10.6 Å². The summed E-state index contributed by atoms with van der Waals surface area (Å²) >= 11 is 0. The molecule has 2 aromatic heterocycles. The van der Waals surface area contributed by atoms with E-state index in [2.05, 4.69) is 25.8 Å². The Labute approximate surface area is 171 Å². The van der Waals surface area contributed by atoms with Crippen LogP contribution in [0.3, 0.4) is 0 Å². The molecule has 2 rings (SSSR count). The molecule has 10 heteroatoms. The van der Waals surface area contributed by atoms with Crippen molar-refractivity contribution in [2.24, 2.45) is 4.99 Å². The predicted octanol–water partition coefficient (Wildman–Crippen LogP) is 1.62. The third kappa shape index (κ3) is 5.79. The molecule has 2 N–H and O–H groups in total. The van der Waals surface area contributed by atoms with Gasteiger partial charge in [0.25, 0.3) is 0 Å². The zero-order valence-corrected chi connectivity index (χ0v) is 18.7. The minimum atomic E-state index is -3.17. The molecule has 0 spiro atoms. The highest BCUT2D eigenvalue weighted by Gasteiger charge is 2.28. The summed E-state index contributed by atoms with van der Waals surface area (Å²) in [5.41, 5.74) is 0.766. The molecule has 0 amide bonds. The predicted molar refractivity (Wildman–Crippen MR) is 115 cm³/mol. The summed E-state index contributed by atoms with van der Waals surface area (Å²) in [6.45, 7) is 8.39. The highest BCUT2D eigenvalue weighted by molar-refractivity contribution is 14.0. The maximum absolute atomic E-state index is 12.2. The van der Waals surface area contributed by atoms with Crippen LogP contribution in [0.1, 0.15) is 33.5 Å². The van der Waals surface area contributed by atoms with Crippen LogP contribution in [0.5, 0.6) is 0 Å². The quantitative estimate of drug-likeness (QED) is 0.360. The van der Waals surface area contributed by atoms with E-state index in [1.165, 1.54) is 0 Å². The smallest absolute Gasteiger partial charge is 0.191 e. The van der Waals surface area contributed by atoms with Crippen molar-refractivity contribution in [3.63, 3.8) is 0 Å². The Morgan fingerprint density at radius 1 is 1.23 bits per heavy atom. The molecule has 0 saturated heterocycles. The van der Waals surface area contributed by atoms with Gasteiger partial charge in [0, 0.05) is 19.3 Å². The lowest BCUT2D eigenvalue weighted by Gasteiger charge is -2.19. The number of pyridine rings is 1. The topological polar surface area (TPSA) is 101 Å². The molecule has 0 aliphatic carbocycles. The number of hydrogen-bond acceptors (Lipinski definition) is 5. The number of aliphatic imine (C=N–C) groups is 1. The van der Waals surface area contributed by atoms with E-state index in [4.69, 9.17) is 0 Å². The van der Waals surface area contributed by atoms with E-state index in [-0.39, 0.29) is 29.7 Å². The molecule has 0 fully saturated rings. The van der Waals surface area contributed by atoms with Crippen molar-refractivity contribution in [1.82, 2.24) is 25.2 Å². The van der Waals surface area contributed by atoms with Gasteiger partial charge in [-0.2, -0.15) is 0 Å². The Bertz CT molecular complexity index is 842. The first-order valence-electron chi connectivity index (χ1n) is 8.28. The van der Waals surface area contributed by atoms with Crippen molar-refractivity contribution in [2.75, 3.05) is 18.8 Å². The van der Waals surface area contributed by atoms with Crippen LogP contribution >= 0.6 is 24.0 Å². The van der Waals surface area contributed by atoms with E-state index in [0.29, 0.717) is 25.6 Å². The normalized spacial score (nSPS) is 12.7. The van der Waals surface area contributed by atoms with Crippen LogP contribution in [0, 0.1) is 0 Å². The second-order valence-corrected chi connectivity index (χ2v) is 9.46. The average Bonchev–Trinajstić information content (AvgIpc) is 2.94. The lowest BCUT2D eigenvalue weighted by atomic mass is 10.3. The summed E-state index contributed by atoms with van der Waals surface area (Å²) in [6.07, 6.45) is 1.89. The van der Waals surface area contributed by atoms with E-state index in [0.717, 1.165) is 11.5 Å². The zero-order valence-electron chi connectivity index (χ0n) is 15.6. The molecule has 2 aromatic rings. The van der Waals surface area contributed by atoms with Gasteiger partial charge in [0.05, 0.1) is 10.5 Å². The molecule has 2 heterocycles. The number of fused-ring (bicyclic) bond motifs is 1. The fourth-order valence-electron chi connectivity index (χ4n) is 2.10. The SMILES string of the molecule is CCNC(=NCc1nnc2ccccn12)NCCS(=O)(=O)C(C)(C)C.I. The number of guanidine groups is 1. The summed E-state index contributed by atoms with van der Waals surface area (Å²) in [5.74, 6) is 1.32. The number of halogens is 1. The Kier molecular flexibility index (Phi) is 8.25. The van der Waals surface area contributed by atoms with E-state index in [1.807, 2.05) is 35.7 Å². The molecule has 0 radical (unpaired) electrons. The summed E-state index contributed by atoms with van der Waals surface area (Å²) in [5, 5.41) is 14.4. The van der Waals surface area contributed by atoms with Gasteiger partial charge in [0.1, 0.15) is 6.54 Å². The van der Waals surface area contributed by atoms with Gasteiger partial charge in [-0.15, -0.1) is 34.2 Å². The van der Waals surface area contributed by atoms with Crippen LogP contribution in [0.4, 0.5) is 0 Å². The fraction of sp³-hybridized carbons (Fsp3) is 0.562. The maximum Gasteiger partial charge on any atom is 0.191 e. The molecule has 0 aromatic carbocycles. The minimum absolute atomic E-state index is 0. The number of sulfone groups is 1. The molecule has 146 valence electrons. The Balaban J connectivity index is 0.00000338. The molecule has 0 aliphatic heterocycles. The zero-order chi connectivity index (χ0) is 18.5. The summed E-state index contributed by atoms with van der Waals surface area (Å²) in [6, 6.07) is 5.68. The molecular weight excluding hydrogens is 467 g/mol. The van der Waals surface area contributed by atoms with Gasteiger partial charge in [-0.1, -0.05) is 6.07 Å². The molecule has 0 aliphatic rings. The molecule has 0 unspecified atom stereocenters. The Hall–Kier alpha value is -1.43. The highest BCUT2D eigenvalue weighted by atomic mass is 127. The number of hydrogen-bond donors (Lipinski definition) is 2. The van der Waals surface area contributed by atoms with Crippen molar-refractivity contribution in [3.8, 4) is 0 Å².